The van der Waals surface area contributed by atoms with Gasteiger partial charge in [-0.15, -0.1) is 0 Å². The minimum absolute atomic E-state index is 0.247. The van der Waals surface area contributed by atoms with Crippen molar-refractivity contribution >= 4 is 17.6 Å². The molecule has 0 aliphatic heterocycles. The van der Waals surface area contributed by atoms with E-state index in [-0.39, 0.29) is 18.8 Å². The van der Waals surface area contributed by atoms with Gasteiger partial charge >= 0.3 is 11.9 Å². The SMILES string of the molecule is CCOc1ccccc1OCCNC(CCNc1ccc(F)cc1)OC(=O)C(=O)O. The average Bonchev–Trinajstić information content (AvgIpc) is 2.73. The molecule has 0 bridgehead atoms. The van der Waals surface area contributed by atoms with Crippen molar-refractivity contribution in [2.45, 2.75) is 19.6 Å². The lowest BCUT2D eigenvalue weighted by Gasteiger charge is -2.19. The largest absolute Gasteiger partial charge is 0.490 e. The Hall–Kier alpha value is -3.33. The van der Waals surface area contributed by atoms with E-state index in [1.165, 1.54) is 12.1 Å². The maximum absolute atomic E-state index is 12.9. The van der Waals surface area contributed by atoms with Crippen molar-refractivity contribution < 1.29 is 33.3 Å². The van der Waals surface area contributed by atoms with Crippen LogP contribution in [0.4, 0.5) is 10.1 Å². The predicted octanol–water partition coefficient (Wildman–Crippen LogP) is 2.65. The van der Waals surface area contributed by atoms with E-state index in [4.69, 9.17) is 19.3 Å². The van der Waals surface area contributed by atoms with Gasteiger partial charge in [-0.2, -0.15) is 0 Å². The number of hydrogen-bond acceptors (Lipinski definition) is 7. The van der Waals surface area contributed by atoms with Crippen LogP contribution in [0.15, 0.2) is 48.5 Å². The summed E-state index contributed by atoms with van der Waals surface area (Å²) in [5.41, 5.74) is 0.690. The molecule has 3 N–H and O–H groups in total. The summed E-state index contributed by atoms with van der Waals surface area (Å²) >= 11 is 0. The highest BCUT2D eigenvalue weighted by Gasteiger charge is 2.19. The Morgan fingerprint density at radius 3 is 2.33 bits per heavy atom. The molecule has 8 nitrogen and oxygen atoms in total. The molecule has 1 unspecified atom stereocenters. The first-order chi connectivity index (χ1) is 14.5. The summed E-state index contributed by atoms with van der Waals surface area (Å²) in [6.07, 6.45) is -0.557. The monoisotopic (exact) mass is 420 g/mol. The number of aliphatic carboxylic acids is 1. The average molecular weight is 420 g/mol. The van der Waals surface area contributed by atoms with Crippen molar-refractivity contribution in [1.82, 2.24) is 5.32 Å². The second kappa shape index (κ2) is 12.3. The molecule has 2 aromatic rings. The maximum Gasteiger partial charge on any atom is 0.418 e. The fourth-order valence-corrected chi connectivity index (χ4v) is 2.52. The highest BCUT2D eigenvalue weighted by atomic mass is 19.1. The van der Waals surface area contributed by atoms with Crippen LogP contribution in [0.25, 0.3) is 0 Å². The second-order valence-corrected chi connectivity index (χ2v) is 6.10. The molecule has 1 atom stereocenters. The van der Waals surface area contributed by atoms with Crippen molar-refractivity contribution in [3.05, 3.63) is 54.3 Å². The number of hydrogen-bond donors (Lipinski definition) is 3. The number of nitrogens with one attached hydrogen (secondary N) is 2. The van der Waals surface area contributed by atoms with Gasteiger partial charge < -0.3 is 24.6 Å². The molecule has 162 valence electrons. The number of esters is 1. The molecule has 0 aliphatic carbocycles. The fourth-order valence-electron chi connectivity index (χ4n) is 2.52. The zero-order chi connectivity index (χ0) is 21.8. The first-order valence-corrected chi connectivity index (χ1v) is 9.51. The van der Waals surface area contributed by atoms with Crippen molar-refractivity contribution in [2.75, 3.05) is 31.6 Å². The lowest BCUT2D eigenvalue weighted by molar-refractivity contribution is -0.168. The molecule has 0 spiro atoms. The lowest BCUT2D eigenvalue weighted by Crippen LogP contribution is -2.39. The van der Waals surface area contributed by atoms with Gasteiger partial charge in [0.15, 0.2) is 17.7 Å². The third-order valence-electron chi connectivity index (χ3n) is 3.88. The zero-order valence-electron chi connectivity index (χ0n) is 16.6. The van der Waals surface area contributed by atoms with Gasteiger partial charge in [0.2, 0.25) is 0 Å². The third-order valence-corrected chi connectivity index (χ3v) is 3.88. The number of ether oxygens (including phenoxy) is 3. The highest BCUT2D eigenvalue weighted by Crippen LogP contribution is 2.26. The molecule has 2 aromatic carbocycles. The second-order valence-electron chi connectivity index (χ2n) is 6.10. The first-order valence-electron chi connectivity index (χ1n) is 9.51. The summed E-state index contributed by atoms with van der Waals surface area (Å²) < 4.78 is 29.1. The molecule has 0 aromatic heterocycles. The van der Waals surface area contributed by atoms with Crippen molar-refractivity contribution in [3.63, 3.8) is 0 Å². The van der Waals surface area contributed by atoms with Gasteiger partial charge in [-0.25, -0.2) is 14.0 Å². The van der Waals surface area contributed by atoms with Crippen molar-refractivity contribution in [1.29, 1.82) is 0 Å². The summed E-state index contributed by atoms with van der Waals surface area (Å²) in [4.78, 5) is 22.2. The summed E-state index contributed by atoms with van der Waals surface area (Å²) in [7, 11) is 0. The van der Waals surface area contributed by atoms with E-state index in [2.05, 4.69) is 10.6 Å². The topological polar surface area (TPSA) is 106 Å². The number of anilines is 1. The van der Waals surface area contributed by atoms with E-state index < -0.39 is 18.2 Å². The normalized spacial score (nSPS) is 11.4. The van der Waals surface area contributed by atoms with E-state index >= 15 is 0 Å². The Kier molecular flexibility index (Phi) is 9.39. The van der Waals surface area contributed by atoms with Crippen LogP contribution in [0.5, 0.6) is 11.5 Å². The zero-order valence-corrected chi connectivity index (χ0v) is 16.6. The molecule has 0 fully saturated rings. The molecule has 0 aliphatic rings. The fraction of sp³-hybridized carbons (Fsp3) is 0.333. The standard InChI is InChI=1S/C21H25FN2O6/c1-2-28-17-5-3-4-6-18(17)29-14-13-24-19(30-21(27)20(25)26)11-12-23-16-9-7-15(22)8-10-16/h3-10,19,23-24H,2,11-14H2,1H3,(H,25,26). The maximum atomic E-state index is 12.9. The lowest BCUT2D eigenvalue weighted by atomic mass is 10.3. The number of rotatable bonds is 12. The van der Waals surface area contributed by atoms with Crippen LogP contribution in [0.3, 0.4) is 0 Å². The van der Waals surface area contributed by atoms with Gasteiger partial charge in [-0.1, -0.05) is 12.1 Å². The van der Waals surface area contributed by atoms with Crippen LogP contribution < -0.4 is 20.1 Å². The van der Waals surface area contributed by atoms with Crippen LogP contribution in [0, 0.1) is 5.82 Å². The van der Waals surface area contributed by atoms with E-state index in [0.717, 1.165) is 0 Å². The predicted molar refractivity (Wildman–Crippen MR) is 108 cm³/mol. The number of benzene rings is 2. The third kappa shape index (κ3) is 7.96. The van der Waals surface area contributed by atoms with Gasteiger partial charge in [0.1, 0.15) is 12.4 Å². The first kappa shape index (κ1) is 23.0. The summed E-state index contributed by atoms with van der Waals surface area (Å²) in [5, 5.41) is 14.8. The number of carboxylic acids is 1. The van der Waals surface area contributed by atoms with E-state index in [1.54, 1.807) is 24.3 Å². The van der Waals surface area contributed by atoms with Crippen LogP contribution in [-0.4, -0.2) is 49.6 Å². The quantitative estimate of drug-likeness (QED) is 0.208. The van der Waals surface area contributed by atoms with Gasteiger partial charge in [-0.3, -0.25) is 5.32 Å². The van der Waals surface area contributed by atoms with Gasteiger partial charge in [0.25, 0.3) is 0 Å². The minimum atomic E-state index is -1.67. The Morgan fingerprint density at radius 1 is 1.03 bits per heavy atom. The number of para-hydroxylation sites is 2. The van der Waals surface area contributed by atoms with E-state index in [0.29, 0.717) is 36.9 Å². The molecule has 0 saturated heterocycles. The number of carbonyl (C=O) groups excluding carboxylic acids is 1. The van der Waals surface area contributed by atoms with Crippen LogP contribution >= 0.6 is 0 Å². The van der Waals surface area contributed by atoms with E-state index in [1.807, 2.05) is 19.1 Å². The summed E-state index contributed by atoms with van der Waals surface area (Å²) in [5.74, 6) is -2.16. The molecule has 0 radical (unpaired) electrons. The highest BCUT2D eigenvalue weighted by molar-refractivity contribution is 6.28. The molecule has 9 heteroatoms. The number of carbonyl (C=O) groups is 2. The van der Waals surface area contributed by atoms with Crippen LogP contribution in [-0.2, 0) is 14.3 Å². The Labute approximate surface area is 173 Å². The molecular weight excluding hydrogens is 395 g/mol. The molecule has 0 saturated carbocycles. The molecule has 2 rings (SSSR count). The smallest absolute Gasteiger partial charge is 0.418 e. The Morgan fingerprint density at radius 2 is 1.70 bits per heavy atom. The molecule has 30 heavy (non-hydrogen) atoms. The minimum Gasteiger partial charge on any atom is -0.490 e. The van der Waals surface area contributed by atoms with Crippen molar-refractivity contribution in [2.24, 2.45) is 0 Å². The van der Waals surface area contributed by atoms with Crippen LogP contribution in [0.1, 0.15) is 13.3 Å². The van der Waals surface area contributed by atoms with Gasteiger partial charge in [0.05, 0.1) is 6.61 Å². The Balaban J connectivity index is 1.82. The molecule has 0 heterocycles. The van der Waals surface area contributed by atoms with Gasteiger partial charge in [0, 0.05) is 25.2 Å². The Bertz CT molecular complexity index is 815. The molecular formula is C21H25FN2O6. The number of carboxylic acid groups (broad SMARTS) is 1. The van der Waals surface area contributed by atoms with Crippen molar-refractivity contribution in [3.8, 4) is 11.5 Å². The van der Waals surface area contributed by atoms with E-state index in [9.17, 15) is 14.0 Å². The summed E-state index contributed by atoms with van der Waals surface area (Å²) in [6.45, 7) is 3.29. The molecule has 0 amide bonds. The summed E-state index contributed by atoms with van der Waals surface area (Å²) in [6, 6.07) is 13.0. The number of halogens is 1. The van der Waals surface area contributed by atoms with Crippen LogP contribution in [0.2, 0.25) is 0 Å². The van der Waals surface area contributed by atoms with Gasteiger partial charge in [-0.05, 0) is 43.3 Å².